The summed E-state index contributed by atoms with van der Waals surface area (Å²) in [5.74, 6) is 0.829. The molecule has 152 valence electrons. The number of amides is 1. The van der Waals surface area contributed by atoms with E-state index in [1.54, 1.807) is 0 Å². The third kappa shape index (κ3) is 4.81. The standard InChI is InChI=1S/C21H26N6O2/c1-13(28)25-16-6-4-14(5-7-16)8-9-23-20-24-12-15(11-22)19(27-20)26-17-10-18(29)21(17,2)3/h4-7,12,17-18,29H,8-10H2,1-3H3,(H,25,28)(H2,23,24,26,27)/t17-,18+/m1/s1. The second kappa shape index (κ2) is 8.45. The third-order valence-electron chi connectivity index (χ3n) is 5.41. The molecule has 3 rings (SSSR count). The van der Waals surface area contributed by atoms with Crippen molar-refractivity contribution in [2.75, 3.05) is 22.5 Å². The van der Waals surface area contributed by atoms with Crippen LogP contribution in [0.15, 0.2) is 30.5 Å². The molecule has 0 spiro atoms. The first-order valence-electron chi connectivity index (χ1n) is 9.61. The number of aromatic nitrogens is 2. The van der Waals surface area contributed by atoms with Gasteiger partial charge in [0, 0.05) is 30.6 Å². The molecule has 0 saturated heterocycles. The van der Waals surface area contributed by atoms with Crippen LogP contribution < -0.4 is 16.0 Å². The molecule has 2 aromatic rings. The average molecular weight is 394 g/mol. The Morgan fingerprint density at radius 2 is 2.07 bits per heavy atom. The van der Waals surface area contributed by atoms with E-state index in [1.165, 1.54) is 13.1 Å². The first-order chi connectivity index (χ1) is 13.8. The summed E-state index contributed by atoms with van der Waals surface area (Å²) < 4.78 is 0. The molecule has 1 aliphatic rings. The summed E-state index contributed by atoms with van der Waals surface area (Å²) in [5, 5.41) is 28.5. The lowest BCUT2D eigenvalue weighted by Crippen LogP contribution is -2.57. The number of anilines is 3. The number of carbonyl (C=O) groups is 1. The highest BCUT2D eigenvalue weighted by atomic mass is 16.3. The third-order valence-corrected chi connectivity index (χ3v) is 5.41. The number of nitriles is 1. The van der Waals surface area contributed by atoms with Crippen LogP contribution in [0, 0.1) is 16.7 Å². The van der Waals surface area contributed by atoms with Gasteiger partial charge in [-0.1, -0.05) is 26.0 Å². The first kappa shape index (κ1) is 20.6. The maximum atomic E-state index is 11.1. The molecule has 29 heavy (non-hydrogen) atoms. The number of aliphatic hydroxyl groups excluding tert-OH is 1. The van der Waals surface area contributed by atoms with E-state index in [4.69, 9.17) is 0 Å². The molecule has 8 heteroatoms. The van der Waals surface area contributed by atoms with Crippen molar-refractivity contribution in [1.82, 2.24) is 9.97 Å². The minimum absolute atomic E-state index is 0.0504. The van der Waals surface area contributed by atoms with Crippen LogP contribution in [-0.2, 0) is 11.2 Å². The predicted octanol–water partition coefficient (Wildman–Crippen LogP) is 2.53. The van der Waals surface area contributed by atoms with Crippen LogP contribution in [0.1, 0.15) is 38.3 Å². The summed E-state index contributed by atoms with van der Waals surface area (Å²) in [7, 11) is 0. The molecule has 4 N–H and O–H groups in total. The summed E-state index contributed by atoms with van der Waals surface area (Å²) in [6.45, 7) is 6.08. The number of rotatable bonds is 7. The van der Waals surface area contributed by atoms with Crippen LogP contribution in [0.3, 0.4) is 0 Å². The van der Waals surface area contributed by atoms with Crippen molar-refractivity contribution in [3.8, 4) is 6.07 Å². The molecule has 1 fully saturated rings. The summed E-state index contributed by atoms with van der Waals surface area (Å²) in [6, 6.07) is 9.82. The highest BCUT2D eigenvalue weighted by Crippen LogP contribution is 2.42. The molecule has 1 aromatic carbocycles. The van der Waals surface area contributed by atoms with E-state index in [0.29, 0.717) is 30.3 Å². The van der Waals surface area contributed by atoms with Crippen LogP contribution >= 0.6 is 0 Å². The van der Waals surface area contributed by atoms with Crippen LogP contribution in [0.2, 0.25) is 0 Å². The van der Waals surface area contributed by atoms with Gasteiger partial charge in [-0.25, -0.2) is 4.98 Å². The van der Waals surface area contributed by atoms with E-state index in [2.05, 4.69) is 32.0 Å². The van der Waals surface area contributed by atoms with Gasteiger partial charge >= 0.3 is 0 Å². The molecule has 1 heterocycles. The monoisotopic (exact) mass is 394 g/mol. The quantitative estimate of drug-likeness (QED) is 0.569. The van der Waals surface area contributed by atoms with Gasteiger partial charge in [0.05, 0.1) is 12.3 Å². The van der Waals surface area contributed by atoms with Gasteiger partial charge in [-0.05, 0) is 30.5 Å². The Kier molecular flexibility index (Phi) is 5.99. The van der Waals surface area contributed by atoms with Crippen molar-refractivity contribution in [3.63, 3.8) is 0 Å². The van der Waals surface area contributed by atoms with Crippen molar-refractivity contribution < 1.29 is 9.90 Å². The summed E-state index contributed by atoms with van der Waals surface area (Å²) in [5.41, 5.74) is 1.99. The Morgan fingerprint density at radius 3 is 2.66 bits per heavy atom. The maximum absolute atomic E-state index is 11.1. The largest absolute Gasteiger partial charge is 0.392 e. The SMILES string of the molecule is CC(=O)Nc1ccc(CCNc2ncc(C#N)c(N[C@@H]3C[C@H](O)C3(C)C)n2)cc1. The van der Waals surface area contributed by atoms with Crippen LogP contribution in [0.25, 0.3) is 0 Å². The van der Waals surface area contributed by atoms with Crippen molar-refractivity contribution in [2.45, 2.75) is 45.8 Å². The van der Waals surface area contributed by atoms with Crippen LogP contribution in [0.5, 0.6) is 0 Å². The Balaban J connectivity index is 1.58. The number of aliphatic hydroxyl groups is 1. The van der Waals surface area contributed by atoms with Gasteiger partial charge < -0.3 is 21.1 Å². The first-order valence-corrected chi connectivity index (χ1v) is 9.61. The Labute approximate surface area is 170 Å². The van der Waals surface area contributed by atoms with E-state index in [0.717, 1.165) is 17.7 Å². The average Bonchev–Trinajstić information content (AvgIpc) is 2.69. The van der Waals surface area contributed by atoms with Gasteiger partial charge in [0.25, 0.3) is 0 Å². The number of nitrogens with zero attached hydrogens (tertiary/aromatic N) is 3. The lowest BCUT2D eigenvalue weighted by atomic mass is 9.64. The number of hydrogen-bond acceptors (Lipinski definition) is 7. The molecular weight excluding hydrogens is 368 g/mol. The molecule has 0 bridgehead atoms. The van der Waals surface area contributed by atoms with Gasteiger partial charge in [0.1, 0.15) is 17.5 Å². The molecule has 1 amide bonds. The molecule has 0 unspecified atom stereocenters. The molecule has 1 aliphatic carbocycles. The van der Waals surface area contributed by atoms with Gasteiger partial charge in [0.2, 0.25) is 11.9 Å². The smallest absolute Gasteiger partial charge is 0.224 e. The van der Waals surface area contributed by atoms with Crippen molar-refractivity contribution in [1.29, 1.82) is 5.26 Å². The molecule has 8 nitrogen and oxygen atoms in total. The molecule has 0 radical (unpaired) electrons. The number of carbonyl (C=O) groups excluding carboxylic acids is 1. The molecule has 1 aromatic heterocycles. The van der Waals surface area contributed by atoms with Gasteiger partial charge in [-0.3, -0.25) is 4.79 Å². The molecular formula is C21H26N6O2. The molecule has 2 atom stereocenters. The highest BCUT2D eigenvalue weighted by Gasteiger charge is 2.47. The summed E-state index contributed by atoms with van der Waals surface area (Å²) >= 11 is 0. The lowest BCUT2D eigenvalue weighted by Gasteiger charge is -2.49. The second-order valence-corrected chi connectivity index (χ2v) is 7.89. The lowest BCUT2D eigenvalue weighted by molar-refractivity contribution is -0.114. The Morgan fingerprint density at radius 1 is 1.34 bits per heavy atom. The number of nitrogens with one attached hydrogen (secondary N) is 3. The van der Waals surface area contributed by atoms with Gasteiger partial charge in [0.15, 0.2) is 0 Å². The topological polar surface area (TPSA) is 123 Å². The predicted molar refractivity (Wildman–Crippen MR) is 112 cm³/mol. The number of benzene rings is 1. The van der Waals surface area contributed by atoms with E-state index in [9.17, 15) is 15.2 Å². The fraction of sp³-hybridized carbons (Fsp3) is 0.429. The fourth-order valence-electron chi connectivity index (χ4n) is 3.25. The summed E-state index contributed by atoms with van der Waals surface area (Å²) in [6.07, 6.45) is 2.53. The Hall–Kier alpha value is -3.18. The van der Waals surface area contributed by atoms with E-state index in [-0.39, 0.29) is 23.5 Å². The normalized spacial score (nSPS) is 19.6. The zero-order valence-corrected chi connectivity index (χ0v) is 16.9. The summed E-state index contributed by atoms with van der Waals surface area (Å²) in [4.78, 5) is 19.7. The van der Waals surface area contributed by atoms with Gasteiger partial charge in [-0.2, -0.15) is 10.2 Å². The zero-order valence-electron chi connectivity index (χ0n) is 16.9. The van der Waals surface area contributed by atoms with Gasteiger partial charge in [-0.15, -0.1) is 0 Å². The number of hydrogen-bond donors (Lipinski definition) is 4. The van der Waals surface area contributed by atoms with E-state index < -0.39 is 0 Å². The zero-order chi connectivity index (χ0) is 21.0. The van der Waals surface area contributed by atoms with Crippen molar-refractivity contribution in [3.05, 3.63) is 41.6 Å². The fourth-order valence-corrected chi connectivity index (χ4v) is 3.25. The van der Waals surface area contributed by atoms with Crippen LogP contribution in [0.4, 0.5) is 17.5 Å². The van der Waals surface area contributed by atoms with Crippen molar-refractivity contribution in [2.24, 2.45) is 5.41 Å². The second-order valence-electron chi connectivity index (χ2n) is 7.89. The Bertz CT molecular complexity index is 920. The minimum Gasteiger partial charge on any atom is -0.392 e. The van der Waals surface area contributed by atoms with Crippen molar-refractivity contribution >= 4 is 23.4 Å². The molecule has 1 saturated carbocycles. The van der Waals surface area contributed by atoms with Crippen LogP contribution in [-0.4, -0.2) is 39.7 Å². The highest BCUT2D eigenvalue weighted by molar-refractivity contribution is 5.88. The van der Waals surface area contributed by atoms with E-state index in [1.807, 2.05) is 38.1 Å². The van der Waals surface area contributed by atoms with E-state index >= 15 is 0 Å². The molecule has 0 aliphatic heterocycles. The minimum atomic E-state index is -0.359. The maximum Gasteiger partial charge on any atom is 0.224 e.